The maximum atomic E-state index is 9.95. The molecule has 0 aromatic heterocycles. The molecular weight excluding hydrogens is 263 g/mol. The monoisotopic (exact) mass is 280 g/mol. The van der Waals surface area contributed by atoms with Gasteiger partial charge in [0, 0.05) is 0 Å². The zero-order valence-corrected chi connectivity index (χ0v) is 10.5. The molecule has 0 radical (unpaired) electrons. The molecule has 0 bridgehead atoms. The van der Waals surface area contributed by atoms with Crippen LogP contribution in [0, 0.1) is 0 Å². The Hall–Kier alpha value is -0.510. The largest absolute Gasteiger partial charge is 0.286 e. The van der Waals surface area contributed by atoms with Gasteiger partial charge in [-0.2, -0.15) is 16.8 Å². The summed E-state index contributed by atoms with van der Waals surface area (Å²) < 4.78 is 55.4. The zero-order chi connectivity index (χ0) is 12.5. The van der Waals surface area contributed by atoms with Crippen molar-refractivity contribution in [3.8, 4) is 0 Å². The predicted octanol–water partition coefficient (Wildman–Crippen LogP) is 0.887. The van der Waals surface area contributed by atoms with Gasteiger partial charge in [-0.15, -0.1) is 6.58 Å². The molecule has 0 atom stereocenters. The Balaban J connectivity index is -0.000000200. The van der Waals surface area contributed by atoms with Crippen LogP contribution in [0.2, 0.25) is 0 Å². The molecule has 0 rings (SSSR count). The van der Waals surface area contributed by atoms with E-state index in [2.05, 4.69) is 6.58 Å². The third kappa shape index (κ3) is 29.2. The second-order valence-corrected chi connectivity index (χ2v) is 5.75. The average molecular weight is 280 g/mol. The Morgan fingerprint density at radius 3 is 1.62 bits per heavy atom. The summed E-state index contributed by atoms with van der Waals surface area (Å²) in [5, 5.41) is 0. The highest BCUT2D eigenvalue weighted by Crippen LogP contribution is 1.90. The summed E-state index contributed by atoms with van der Waals surface area (Å²) in [6.07, 6.45) is 2.45. The normalized spacial score (nSPS) is 10.7. The van der Waals surface area contributed by atoms with E-state index in [0.29, 0.717) is 6.42 Å². The van der Waals surface area contributed by atoms with Crippen LogP contribution in [0.5, 0.6) is 0 Å². The van der Waals surface area contributed by atoms with Gasteiger partial charge < -0.3 is 0 Å². The second-order valence-electron chi connectivity index (χ2n) is 2.68. The summed E-state index contributed by atoms with van der Waals surface area (Å²) in [4.78, 5) is 0. The zero-order valence-electron chi connectivity index (χ0n) is 8.87. The first-order valence-electron chi connectivity index (χ1n) is 4.13. The Morgan fingerprint density at radius 1 is 1.12 bits per heavy atom. The van der Waals surface area contributed by atoms with E-state index in [1.807, 2.05) is 6.92 Å². The van der Waals surface area contributed by atoms with E-state index < -0.39 is 20.2 Å². The minimum atomic E-state index is -3.79. The number of hydrogen-bond donors (Lipinski definition) is 2. The van der Waals surface area contributed by atoms with Crippen LogP contribution in [0.1, 0.15) is 19.8 Å². The van der Waals surface area contributed by atoms with Crippen LogP contribution in [0.25, 0.3) is 0 Å². The molecule has 0 spiro atoms. The van der Waals surface area contributed by atoms with Crippen molar-refractivity contribution in [2.45, 2.75) is 19.8 Å². The topological polar surface area (TPSA) is 109 Å². The van der Waals surface area contributed by atoms with E-state index in [4.69, 9.17) is 9.11 Å². The molecule has 100 valence electrons. The molecule has 16 heavy (non-hydrogen) atoms. The van der Waals surface area contributed by atoms with E-state index >= 15 is 0 Å². The van der Waals surface area contributed by atoms with Crippen molar-refractivity contribution in [2.75, 3.05) is 11.5 Å². The van der Waals surface area contributed by atoms with Gasteiger partial charge in [-0.3, -0.25) is 13.8 Å². The minimum absolute atomic E-state index is 0. The summed E-state index contributed by atoms with van der Waals surface area (Å²) in [5.74, 6) is -0.476. The highest BCUT2D eigenvalue weighted by molar-refractivity contribution is 7.86. The van der Waals surface area contributed by atoms with Crippen LogP contribution in [0.3, 0.4) is 0 Å². The summed E-state index contributed by atoms with van der Waals surface area (Å²) >= 11 is 0. The predicted molar refractivity (Wildman–Crippen MR) is 60.4 cm³/mol. The first-order valence-corrected chi connectivity index (χ1v) is 7.35. The number of unbranched alkanes of at least 4 members (excludes halogenated alkanes) is 1. The first kappa shape index (κ1) is 20.8. The molecule has 0 aliphatic rings. The third-order valence-corrected chi connectivity index (χ3v) is 2.55. The Morgan fingerprint density at radius 2 is 1.56 bits per heavy atom. The molecule has 6 nitrogen and oxygen atoms in total. The molecular formula is C7H17FO6S2. The molecule has 0 aliphatic heterocycles. The standard InChI is InChI=1S/C4H10O3S.C3H6O3S.FH/c1-2-3-4-8(5,6)7;1-2-3-7(4,5)6;/h2-4H2,1H3,(H,5,6,7);2H,1,3H2,(H,4,5,6);1H. The molecule has 0 unspecified atom stereocenters. The van der Waals surface area contributed by atoms with Crippen molar-refractivity contribution in [1.29, 1.82) is 0 Å². The molecule has 0 amide bonds. The molecule has 0 heterocycles. The van der Waals surface area contributed by atoms with Gasteiger partial charge >= 0.3 is 0 Å². The van der Waals surface area contributed by atoms with Gasteiger partial charge in [0.05, 0.1) is 11.5 Å². The van der Waals surface area contributed by atoms with Gasteiger partial charge in [-0.1, -0.05) is 19.4 Å². The highest BCUT2D eigenvalue weighted by Gasteiger charge is 2.00. The molecule has 0 aliphatic carbocycles. The highest BCUT2D eigenvalue weighted by atomic mass is 32.2. The molecule has 0 saturated carbocycles. The minimum Gasteiger partial charge on any atom is -0.286 e. The van der Waals surface area contributed by atoms with Crippen LogP contribution in [0.4, 0.5) is 4.70 Å². The van der Waals surface area contributed by atoms with Gasteiger partial charge in [0.15, 0.2) is 0 Å². The van der Waals surface area contributed by atoms with Crippen molar-refractivity contribution < 1.29 is 30.6 Å². The van der Waals surface area contributed by atoms with Crippen LogP contribution in [-0.4, -0.2) is 37.4 Å². The van der Waals surface area contributed by atoms with Crippen LogP contribution >= 0.6 is 0 Å². The fourth-order valence-corrected chi connectivity index (χ4v) is 1.43. The smallest absolute Gasteiger partial charge is 0.268 e. The van der Waals surface area contributed by atoms with E-state index in [-0.39, 0.29) is 16.2 Å². The number of rotatable bonds is 5. The fourth-order valence-electron chi connectivity index (χ4n) is 0.476. The quantitative estimate of drug-likeness (QED) is 0.571. The molecule has 9 heteroatoms. The van der Waals surface area contributed by atoms with Crippen molar-refractivity contribution in [2.24, 2.45) is 0 Å². The number of hydrogen-bond acceptors (Lipinski definition) is 4. The molecule has 2 N–H and O–H groups in total. The lowest BCUT2D eigenvalue weighted by atomic mass is 10.4. The lowest BCUT2D eigenvalue weighted by Gasteiger charge is -1.90. The van der Waals surface area contributed by atoms with E-state index in [1.165, 1.54) is 0 Å². The molecule has 0 aromatic rings. The summed E-state index contributed by atoms with van der Waals surface area (Å²) in [6, 6.07) is 0. The van der Waals surface area contributed by atoms with Gasteiger partial charge in [0.1, 0.15) is 0 Å². The van der Waals surface area contributed by atoms with E-state index in [0.717, 1.165) is 12.5 Å². The van der Waals surface area contributed by atoms with Gasteiger partial charge in [-0.25, -0.2) is 0 Å². The Bertz CT molecular complexity index is 358. The molecule has 0 aromatic carbocycles. The van der Waals surface area contributed by atoms with Crippen LogP contribution in [0.15, 0.2) is 12.7 Å². The maximum absolute atomic E-state index is 9.95. The number of halogens is 1. The fraction of sp³-hybridized carbons (Fsp3) is 0.714. The van der Waals surface area contributed by atoms with Crippen molar-refractivity contribution >= 4 is 20.2 Å². The van der Waals surface area contributed by atoms with E-state index in [9.17, 15) is 16.8 Å². The summed E-state index contributed by atoms with van der Waals surface area (Å²) in [7, 11) is -7.48. The van der Waals surface area contributed by atoms with Gasteiger partial charge in [0.2, 0.25) is 0 Å². The molecule has 0 saturated heterocycles. The maximum Gasteiger partial charge on any atom is 0.268 e. The third-order valence-electron chi connectivity index (χ3n) is 1.08. The van der Waals surface area contributed by atoms with Crippen molar-refractivity contribution in [1.82, 2.24) is 0 Å². The SMILES string of the molecule is C=CCS(=O)(=O)O.CCCCS(=O)(=O)O.F. The Kier molecular flexibility index (Phi) is 12.6. The van der Waals surface area contributed by atoms with Gasteiger partial charge in [-0.05, 0) is 6.42 Å². The lowest BCUT2D eigenvalue weighted by Crippen LogP contribution is -2.02. The Labute approximate surface area is 95.2 Å². The van der Waals surface area contributed by atoms with E-state index in [1.54, 1.807) is 0 Å². The first-order chi connectivity index (χ1) is 6.62. The van der Waals surface area contributed by atoms with Crippen LogP contribution < -0.4 is 0 Å². The second kappa shape index (κ2) is 9.70. The average Bonchev–Trinajstić information content (AvgIpc) is 1.98. The van der Waals surface area contributed by atoms with Crippen molar-refractivity contribution in [3.63, 3.8) is 0 Å². The lowest BCUT2D eigenvalue weighted by molar-refractivity contribution is 0.480. The van der Waals surface area contributed by atoms with Crippen molar-refractivity contribution in [3.05, 3.63) is 12.7 Å². The van der Waals surface area contributed by atoms with Crippen LogP contribution in [-0.2, 0) is 20.2 Å². The summed E-state index contributed by atoms with van der Waals surface area (Å²) in [5.41, 5.74) is 0. The van der Waals surface area contributed by atoms with Gasteiger partial charge in [0.25, 0.3) is 20.2 Å². The summed E-state index contributed by atoms with van der Waals surface area (Å²) in [6.45, 7) is 4.97. The molecule has 0 fully saturated rings.